The van der Waals surface area contributed by atoms with Crippen LogP contribution in [0.3, 0.4) is 0 Å². The molecule has 0 aromatic heterocycles. The number of halogens is 3. The van der Waals surface area contributed by atoms with Crippen molar-refractivity contribution < 1.29 is 13.2 Å². The maximum absolute atomic E-state index is 12.5. The van der Waals surface area contributed by atoms with E-state index in [1.807, 2.05) is 7.05 Å². The molecule has 0 amide bonds. The third-order valence-electron chi connectivity index (χ3n) is 3.41. The molecular formula is C16H24F3N. The van der Waals surface area contributed by atoms with Crippen LogP contribution in [0.15, 0.2) is 24.3 Å². The van der Waals surface area contributed by atoms with Gasteiger partial charge in [-0.15, -0.1) is 0 Å². The molecule has 0 fully saturated rings. The Morgan fingerprint density at radius 3 is 2.00 bits per heavy atom. The Balaban J connectivity index is 2.62. The highest BCUT2D eigenvalue weighted by Gasteiger charge is 2.30. The van der Waals surface area contributed by atoms with Crippen LogP contribution in [0.25, 0.3) is 0 Å². The van der Waals surface area contributed by atoms with E-state index in [1.165, 1.54) is 0 Å². The largest absolute Gasteiger partial charge is 0.416 e. The molecule has 0 aliphatic rings. The van der Waals surface area contributed by atoms with E-state index in [4.69, 9.17) is 0 Å². The standard InChI is InChI=1S/C16H24F3N/c1-15(2,3)10-9-14(20-4)11-12-5-7-13(8-6-12)16(17,18)19/h5-8,14,20H,9-11H2,1-4H3. The van der Waals surface area contributed by atoms with Gasteiger partial charge in [-0.1, -0.05) is 32.9 Å². The van der Waals surface area contributed by atoms with Gasteiger partial charge in [-0.3, -0.25) is 0 Å². The third-order valence-corrected chi connectivity index (χ3v) is 3.41. The molecule has 1 nitrogen and oxygen atoms in total. The molecule has 1 atom stereocenters. The van der Waals surface area contributed by atoms with Crippen LogP contribution in [0.2, 0.25) is 0 Å². The Bertz CT molecular complexity index is 401. The highest BCUT2D eigenvalue weighted by Crippen LogP contribution is 2.29. The van der Waals surface area contributed by atoms with Crippen molar-refractivity contribution >= 4 is 0 Å². The van der Waals surface area contributed by atoms with Crippen LogP contribution in [-0.2, 0) is 12.6 Å². The summed E-state index contributed by atoms with van der Waals surface area (Å²) in [6, 6.07) is 5.76. The molecule has 0 radical (unpaired) electrons. The van der Waals surface area contributed by atoms with Gasteiger partial charge >= 0.3 is 6.18 Å². The van der Waals surface area contributed by atoms with Crippen molar-refractivity contribution in [2.45, 2.75) is 52.3 Å². The lowest BCUT2D eigenvalue weighted by atomic mass is 9.87. The highest BCUT2D eigenvalue weighted by atomic mass is 19.4. The average Bonchev–Trinajstić information content (AvgIpc) is 2.33. The second-order valence-electron chi connectivity index (χ2n) is 6.48. The number of benzene rings is 1. The van der Waals surface area contributed by atoms with Gasteiger partial charge in [0.15, 0.2) is 0 Å². The highest BCUT2D eigenvalue weighted by molar-refractivity contribution is 5.25. The summed E-state index contributed by atoms with van der Waals surface area (Å²) in [5.74, 6) is 0. The number of hydrogen-bond donors (Lipinski definition) is 1. The van der Waals surface area contributed by atoms with Crippen LogP contribution in [0.1, 0.15) is 44.7 Å². The molecule has 0 saturated carbocycles. The smallest absolute Gasteiger partial charge is 0.317 e. The molecule has 0 aliphatic heterocycles. The number of hydrogen-bond acceptors (Lipinski definition) is 1. The normalized spacial score (nSPS) is 14.3. The van der Waals surface area contributed by atoms with E-state index in [0.29, 0.717) is 6.04 Å². The second-order valence-corrected chi connectivity index (χ2v) is 6.48. The van der Waals surface area contributed by atoms with E-state index >= 15 is 0 Å². The van der Waals surface area contributed by atoms with Crippen LogP contribution in [0.4, 0.5) is 13.2 Å². The summed E-state index contributed by atoms with van der Waals surface area (Å²) in [6.45, 7) is 6.58. The van der Waals surface area contributed by atoms with Gasteiger partial charge in [0.05, 0.1) is 5.56 Å². The number of alkyl halides is 3. The Hall–Kier alpha value is -1.03. The van der Waals surface area contributed by atoms with Gasteiger partial charge in [-0.25, -0.2) is 0 Å². The Morgan fingerprint density at radius 1 is 1.05 bits per heavy atom. The monoisotopic (exact) mass is 287 g/mol. The van der Waals surface area contributed by atoms with Gasteiger partial charge in [-0.2, -0.15) is 13.2 Å². The fourth-order valence-corrected chi connectivity index (χ4v) is 2.07. The summed E-state index contributed by atoms with van der Waals surface area (Å²) in [5, 5.41) is 3.25. The molecule has 0 bridgehead atoms. The Labute approximate surface area is 119 Å². The molecule has 0 saturated heterocycles. The summed E-state index contributed by atoms with van der Waals surface area (Å²) >= 11 is 0. The van der Waals surface area contributed by atoms with Gasteiger partial charge < -0.3 is 5.32 Å². The molecule has 1 aromatic rings. The van der Waals surface area contributed by atoms with E-state index in [1.54, 1.807) is 12.1 Å². The number of rotatable bonds is 5. The first-order valence-corrected chi connectivity index (χ1v) is 6.95. The molecule has 1 aromatic carbocycles. The second kappa shape index (κ2) is 6.61. The predicted octanol–water partition coefficient (Wildman–Crippen LogP) is 4.66. The van der Waals surface area contributed by atoms with Gasteiger partial charge in [-0.05, 0) is 49.4 Å². The quantitative estimate of drug-likeness (QED) is 0.830. The zero-order chi connectivity index (χ0) is 15.4. The van der Waals surface area contributed by atoms with E-state index in [2.05, 4.69) is 26.1 Å². The minimum Gasteiger partial charge on any atom is -0.317 e. The summed E-state index contributed by atoms with van der Waals surface area (Å²) in [7, 11) is 1.90. The van der Waals surface area contributed by atoms with Gasteiger partial charge in [0.25, 0.3) is 0 Å². The zero-order valence-corrected chi connectivity index (χ0v) is 12.6. The van der Waals surface area contributed by atoms with E-state index in [9.17, 15) is 13.2 Å². The van der Waals surface area contributed by atoms with Gasteiger partial charge in [0.2, 0.25) is 0 Å². The molecule has 0 aliphatic carbocycles. The van der Waals surface area contributed by atoms with Crippen molar-refractivity contribution in [3.05, 3.63) is 35.4 Å². The number of nitrogens with one attached hydrogen (secondary N) is 1. The molecule has 1 N–H and O–H groups in total. The van der Waals surface area contributed by atoms with E-state index < -0.39 is 11.7 Å². The first-order valence-electron chi connectivity index (χ1n) is 6.95. The van der Waals surface area contributed by atoms with Crippen molar-refractivity contribution in [2.24, 2.45) is 5.41 Å². The lowest BCUT2D eigenvalue weighted by Gasteiger charge is -2.23. The molecule has 0 spiro atoms. The summed E-state index contributed by atoms with van der Waals surface area (Å²) in [5.41, 5.74) is 0.623. The van der Waals surface area contributed by atoms with Crippen molar-refractivity contribution in [1.29, 1.82) is 0 Å². The van der Waals surface area contributed by atoms with Gasteiger partial charge in [0.1, 0.15) is 0 Å². The van der Waals surface area contributed by atoms with Crippen LogP contribution in [0, 0.1) is 5.41 Å². The molecule has 20 heavy (non-hydrogen) atoms. The SMILES string of the molecule is CNC(CCC(C)(C)C)Cc1ccc(C(F)(F)F)cc1. The molecular weight excluding hydrogens is 263 g/mol. The van der Waals surface area contributed by atoms with Crippen molar-refractivity contribution in [2.75, 3.05) is 7.05 Å². The van der Waals surface area contributed by atoms with Crippen molar-refractivity contribution in [1.82, 2.24) is 5.32 Å². The van der Waals surface area contributed by atoms with Crippen molar-refractivity contribution in [3.8, 4) is 0 Å². The van der Waals surface area contributed by atoms with Crippen LogP contribution < -0.4 is 5.32 Å². The summed E-state index contributed by atoms with van der Waals surface area (Å²) in [6.07, 6.45) is -1.40. The van der Waals surface area contributed by atoms with Crippen molar-refractivity contribution in [3.63, 3.8) is 0 Å². The molecule has 4 heteroatoms. The Kier molecular flexibility index (Phi) is 5.63. The summed E-state index contributed by atoms with van der Waals surface area (Å²) in [4.78, 5) is 0. The summed E-state index contributed by atoms with van der Waals surface area (Å²) < 4.78 is 37.5. The molecule has 114 valence electrons. The topological polar surface area (TPSA) is 12.0 Å². The van der Waals surface area contributed by atoms with Crippen LogP contribution >= 0.6 is 0 Å². The van der Waals surface area contributed by atoms with Crippen LogP contribution in [0.5, 0.6) is 0 Å². The van der Waals surface area contributed by atoms with Gasteiger partial charge in [0, 0.05) is 6.04 Å². The zero-order valence-electron chi connectivity index (χ0n) is 12.6. The minimum atomic E-state index is -4.26. The van der Waals surface area contributed by atoms with E-state index in [-0.39, 0.29) is 5.41 Å². The average molecular weight is 287 g/mol. The predicted molar refractivity (Wildman–Crippen MR) is 76.7 cm³/mol. The maximum atomic E-state index is 12.5. The molecule has 1 rings (SSSR count). The Morgan fingerprint density at radius 2 is 1.60 bits per heavy atom. The van der Waals surface area contributed by atoms with E-state index in [0.717, 1.165) is 37.0 Å². The van der Waals surface area contributed by atoms with Crippen LogP contribution in [-0.4, -0.2) is 13.1 Å². The molecule has 0 heterocycles. The maximum Gasteiger partial charge on any atom is 0.416 e. The molecule has 1 unspecified atom stereocenters. The first-order chi connectivity index (χ1) is 9.12. The fraction of sp³-hybridized carbons (Fsp3) is 0.625. The third kappa shape index (κ3) is 5.95. The number of likely N-dealkylation sites (N-methyl/N-ethyl adjacent to an activating group) is 1. The fourth-order valence-electron chi connectivity index (χ4n) is 2.07. The lowest BCUT2D eigenvalue weighted by Crippen LogP contribution is -2.29. The first kappa shape index (κ1) is 17.0. The minimum absolute atomic E-state index is 0.273. The lowest BCUT2D eigenvalue weighted by molar-refractivity contribution is -0.137.